The summed E-state index contributed by atoms with van der Waals surface area (Å²) < 4.78 is 0. The number of anilines is 1. The fourth-order valence-electron chi connectivity index (χ4n) is 2.97. The molecular formula is C19H22N4O3S. The van der Waals surface area contributed by atoms with Gasteiger partial charge in [0.1, 0.15) is 0 Å². The number of nitrogens with zero attached hydrogens (tertiary/aromatic N) is 2. The highest BCUT2D eigenvalue weighted by Gasteiger charge is 2.27. The van der Waals surface area contributed by atoms with Crippen LogP contribution in [0.5, 0.6) is 0 Å². The number of aryl methyl sites for hydroxylation is 1. The molecule has 0 radical (unpaired) electrons. The molecule has 1 fully saturated rings. The summed E-state index contributed by atoms with van der Waals surface area (Å²) in [5, 5.41) is 7.99. The molecule has 7 nitrogen and oxygen atoms in total. The van der Waals surface area contributed by atoms with Crippen LogP contribution in [-0.4, -0.2) is 47.2 Å². The fraction of sp³-hybridized carbons (Fsp3) is 0.368. The van der Waals surface area contributed by atoms with Gasteiger partial charge in [-0.15, -0.1) is 11.3 Å². The van der Waals surface area contributed by atoms with Crippen molar-refractivity contribution in [3.63, 3.8) is 0 Å². The van der Waals surface area contributed by atoms with E-state index in [9.17, 15) is 14.4 Å². The van der Waals surface area contributed by atoms with Crippen molar-refractivity contribution in [2.24, 2.45) is 5.92 Å². The number of carbonyl (C=O) groups excluding carboxylic acids is 3. The molecule has 0 saturated carbocycles. The third-order valence-corrected chi connectivity index (χ3v) is 5.38. The summed E-state index contributed by atoms with van der Waals surface area (Å²) in [4.78, 5) is 42.6. The molecule has 0 atom stereocenters. The summed E-state index contributed by atoms with van der Waals surface area (Å²) in [6, 6.07) is 8.79. The number of benzene rings is 1. The van der Waals surface area contributed by atoms with Crippen LogP contribution in [-0.2, 0) is 9.59 Å². The van der Waals surface area contributed by atoms with Crippen LogP contribution in [0.2, 0.25) is 0 Å². The van der Waals surface area contributed by atoms with E-state index >= 15 is 0 Å². The van der Waals surface area contributed by atoms with Crippen molar-refractivity contribution in [2.75, 3.05) is 25.0 Å². The number of hydrogen-bond donors (Lipinski definition) is 2. The van der Waals surface area contributed by atoms with Gasteiger partial charge in [0, 0.05) is 30.0 Å². The van der Waals surface area contributed by atoms with E-state index in [1.54, 1.807) is 29.2 Å². The number of piperidine rings is 1. The van der Waals surface area contributed by atoms with Crippen LogP contribution in [0.1, 0.15) is 28.9 Å². The molecule has 142 valence electrons. The second-order valence-corrected chi connectivity index (χ2v) is 7.35. The first-order chi connectivity index (χ1) is 13.0. The Hall–Kier alpha value is -2.74. The molecule has 2 N–H and O–H groups in total. The minimum atomic E-state index is -0.267. The van der Waals surface area contributed by atoms with Crippen LogP contribution in [0.3, 0.4) is 0 Å². The maximum absolute atomic E-state index is 12.3. The molecule has 2 aromatic rings. The Morgan fingerprint density at radius 2 is 1.89 bits per heavy atom. The lowest BCUT2D eigenvalue weighted by Gasteiger charge is -2.31. The molecule has 0 unspecified atom stereocenters. The Bertz CT molecular complexity index is 813. The molecule has 1 aliphatic heterocycles. The lowest BCUT2D eigenvalue weighted by atomic mass is 9.96. The monoisotopic (exact) mass is 386 g/mol. The number of aromatic nitrogens is 1. The highest BCUT2D eigenvalue weighted by molar-refractivity contribution is 7.13. The molecule has 3 amide bonds. The summed E-state index contributed by atoms with van der Waals surface area (Å²) in [6.07, 6.45) is 1.21. The predicted molar refractivity (Wildman–Crippen MR) is 104 cm³/mol. The molecule has 1 aliphatic rings. The molecule has 8 heteroatoms. The normalized spacial score (nSPS) is 14.6. The largest absolute Gasteiger partial charge is 0.343 e. The van der Waals surface area contributed by atoms with Gasteiger partial charge in [-0.05, 0) is 31.9 Å². The zero-order chi connectivity index (χ0) is 19.2. The van der Waals surface area contributed by atoms with Crippen molar-refractivity contribution < 1.29 is 14.4 Å². The lowest BCUT2D eigenvalue weighted by Crippen LogP contribution is -2.45. The number of carbonyl (C=O) groups is 3. The molecule has 0 bridgehead atoms. The maximum Gasteiger partial charge on any atom is 0.251 e. The average Bonchev–Trinajstić information content (AvgIpc) is 3.11. The van der Waals surface area contributed by atoms with E-state index in [1.807, 2.05) is 18.4 Å². The summed E-state index contributed by atoms with van der Waals surface area (Å²) in [7, 11) is 0. The third-order valence-electron chi connectivity index (χ3n) is 4.50. The number of hydrogen-bond acceptors (Lipinski definition) is 5. The molecular weight excluding hydrogens is 364 g/mol. The Morgan fingerprint density at radius 3 is 2.52 bits per heavy atom. The summed E-state index contributed by atoms with van der Waals surface area (Å²) in [5.41, 5.74) is 1.41. The minimum Gasteiger partial charge on any atom is -0.343 e. The second-order valence-electron chi connectivity index (χ2n) is 6.49. The Balaban J connectivity index is 1.42. The zero-order valence-corrected chi connectivity index (χ0v) is 15.9. The Morgan fingerprint density at radius 1 is 1.19 bits per heavy atom. The highest BCUT2D eigenvalue weighted by atomic mass is 32.1. The van der Waals surface area contributed by atoms with Gasteiger partial charge in [0.15, 0.2) is 5.13 Å². The molecule has 2 heterocycles. The van der Waals surface area contributed by atoms with Crippen LogP contribution in [0.4, 0.5) is 5.13 Å². The molecule has 1 aromatic heterocycles. The Kier molecular flexibility index (Phi) is 6.18. The van der Waals surface area contributed by atoms with Crippen LogP contribution >= 0.6 is 11.3 Å². The number of nitrogens with one attached hydrogen (secondary N) is 2. The number of rotatable bonds is 5. The highest BCUT2D eigenvalue weighted by Crippen LogP contribution is 2.21. The van der Waals surface area contributed by atoms with Gasteiger partial charge in [-0.2, -0.15) is 0 Å². The van der Waals surface area contributed by atoms with E-state index in [4.69, 9.17) is 0 Å². The van der Waals surface area contributed by atoms with E-state index in [0.29, 0.717) is 36.6 Å². The van der Waals surface area contributed by atoms with E-state index < -0.39 is 0 Å². The fourth-order valence-corrected chi connectivity index (χ4v) is 3.66. The molecule has 1 saturated heterocycles. The molecule has 3 rings (SSSR count). The average molecular weight is 386 g/mol. The topological polar surface area (TPSA) is 91.4 Å². The summed E-state index contributed by atoms with van der Waals surface area (Å²) in [5.74, 6) is -0.573. The summed E-state index contributed by atoms with van der Waals surface area (Å²) >= 11 is 1.41. The van der Waals surface area contributed by atoms with Crippen LogP contribution in [0.15, 0.2) is 35.7 Å². The van der Waals surface area contributed by atoms with Crippen molar-refractivity contribution in [2.45, 2.75) is 19.8 Å². The van der Waals surface area contributed by atoms with E-state index in [-0.39, 0.29) is 30.2 Å². The van der Waals surface area contributed by atoms with Gasteiger partial charge in [0.2, 0.25) is 11.8 Å². The predicted octanol–water partition coefficient (Wildman–Crippen LogP) is 2.06. The smallest absolute Gasteiger partial charge is 0.251 e. The van der Waals surface area contributed by atoms with Crippen LogP contribution in [0.25, 0.3) is 0 Å². The van der Waals surface area contributed by atoms with Gasteiger partial charge in [0.25, 0.3) is 5.91 Å². The molecule has 0 spiro atoms. The first-order valence-electron chi connectivity index (χ1n) is 8.87. The van der Waals surface area contributed by atoms with Crippen molar-refractivity contribution in [3.8, 4) is 0 Å². The van der Waals surface area contributed by atoms with Crippen LogP contribution in [0, 0.1) is 12.8 Å². The van der Waals surface area contributed by atoms with Gasteiger partial charge in [0.05, 0.1) is 12.2 Å². The quantitative estimate of drug-likeness (QED) is 0.823. The SMILES string of the molecule is Cc1csc(NC(=O)C2CCN(C(=O)CNC(=O)c3ccccc3)CC2)n1. The lowest BCUT2D eigenvalue weighted by molar-refractivity contribution is -0.133. The van der Waals surface area contributed by atoms with Crippen LogP contribution < -0.4 is 10.6 Å². The first-order valence-corrected chi connectivity index (χ1v) is 9.75. The number of amides is 3. The third kappa shape index (κ3) is 5.13. The number of likely N-dealkylation sites (tertiary alicyclic amines) is 1. The van der Waals surface area contributed by atoms with E-state index in [2.05, 4.69) is 15.6 Å². The van der Waals surface area contributed by atoms with Crippen molar-refractivity contribution >= 4 is 34.2 Å². The Labute approximate surface area is 161 Å². The molecule has 1 aromatic carbocycles. The second kappa shape index (κ2) is 8.77. The minimum absolute atomic E-state index is 0.0387. The number of thiazole rings is 1. The first kappa shape index (κ1) is 19.0. The zero-order valence-electron chi connectivity index (χ0n) is 15.1. The van der Waals surface area contributed by atoms with Gasteiger partial charge < -0.3 is 15.5 Å². The van der Waals surface area contributed by atoms with E-state index in [0.717, 1.165) is 5.69 Å². The maximum atomic E-state index is 12.3. The van der Waals surface area contributed by atoms with Gasteiger partial charge in [-0.3, -0.25) is 14.4 Å². The van der Waals surface area contributed by atoms with E-state index in [1.165, 1.54) is 11.3 Å². The molecule has 0 aliphatic carbocycles. The van der Waals surface area contributed by atoms with Gasteiger partial charge >= 0.3 is 0 Å². The van der Waals surface area contributed by atoms with Crippen molar-refractivity contribution in [1.29, 1.82) is 0 Å². The van der Waals surface area contributed by atoms with Crippen molar-refractivity contribution in [3.05, 3.63) is 47.0 Å². The standard InChI is InChI=1S/C19H22N4O3S/c1-13-12-27-19(21-13)22-18(26)15-7-9-23(10-8-15)16(24)11-20-17(25)14-5-3-2-4-6-14/h2-6,12,15H,7-11H2,1H3,(H,20,25)(H,21,22,26). The summed E-state index contributed by atoms with van der Waals surface area (Å²) in [6.45, 7) is 2.86. The van der Waals surface area contributed by atoms with Gasteiger partial charge in [-0.1, -0.05) is 18.2 Å². The molecule has 27 heavy (non-hydrogen) atoms. The van der Waals surface area contributed by atoms with Gasteiger partial charge in [-0.25, -0.2) is 4.98 Å². The van der Waals surface area contributed by atoms with Crippen molar-refractivity contribution in [1.82, 2.24) is 15.2 Å².